The van der Waals surface area contributed by atoms with Crippen LogP contribution in [0.25, 0.3) is 0 Å². The van der Waals surface area contributed by atoms with Gasteiger partial charge in [0.25, 0.3) is 0 Å². The Morgan fingerprint density at radius 1 is 0.515 bits per heavy atom. The molecule has 0 atom stereocenters. The van der Waals surface area contributed by atoms with Crippen LogP contribution >= 0.6 is 0 Å². The molecule has 68 heavy (non-hydrogen) atoms. The molecule has 2 aromatic heterocycles. The third kappa shape index (κ3) is 12.4. The van der Waals surface area contributed by atoms with Crippen molar-refractivity contribution in [1.82, 2.24) is 33.1 Å². The molecular weight excluding hydrogens is 915 g/mol. The van der Waals surface area contributed by atoms with Crippen LogP contribution in [0.4, 0.5) is 0 Å². The maximum absolute atomic E-state index is 13.8. The van der Waals surface area contributed by atoms with E-state index in [1.807, 2.05) is 24.3 Å². The first-order valence-electron chi connectivity index (χ1n) is 21.1. The van der Waals surface area contributed by atoms with E-state index in [2.05, 4.69) is 10.2 Å². The van der Waals surface area contributed by atoms with Gasteiger partial charge in [-0.1, -0.05) is 48.5 Å². The smallest absolute Gasteiger partial charge is 0.331 e. The van der Waals surface area contributed by atoms with Gasteiger partial charge in [-0.05, 0) is 98.5 Å². The fraction of sp³-hybridized carbons (Fsp3) is 0.333. The van der Waals surface area contributed by atoms with Gasteiger partial charge in [0.15, 0.2) is 5.54 Å². The molecule has 0 bridgehead atoms. The fourth-order valence-electron chi connectivity index (χ4n) is 6.72. The van der Waals surface area contributed by atoms with Crippen molar-refractivity contribution in [3.05, 3.63) is 144 Å². The second kappa shape index (κ2) is 21.9. The Labute approximate surface area is 398 Å². The average Bonchev–Trinajstić information content (AvgIpc) is 4.06. The number of ether oxygens (including phenoxy) is 4. The van der Waals surface area contributed by atoms with Gasteiger partial charge in [0.2, 0.25) is 26.0 Å². The minimum Gasteiger partial charge on any atom is -0.497 e. The summed E-state index contributed by atoms with van der Waals surface area (Å²) in [6.07, 6.45) is 5.12. The van der Waals surface area contributed by atoms with Gasteiger partial charge in [0.05, 0.1) is 40.8 Å². The lowest BCUT2D eigenvalue weighted by Crippen LogP contribution is -2.44. The number of likely N-dealkylation sites (N-methyl/N-ethyl adjacent to an activating group) is 1. The maximum Gasteiger partial charge on any atom is 0.331 e. The number of hydrogen-bond acceptors (Lipinski definition) is 12. The number of carboxylic acids is 1. The van der Waals surface area contributed by atoms with E-state index >= 15 is 0 Å². The Balaban J connectivity index is 0.000000255. The molecule has 0 saturated carbocycles. The fourth-order valence-corrected chi connectivity index (χ4v) is 9.42. The van der Waals surface area contributed by atoms with E-state index < -0.39 is 37.1 Å². The van der Waals surface area contributed by atoms with E-state index in [4.69, 9.17) is 18.9 Å². The molecule has 1 amide bonds. The minimum atomic E-state index is -4.00. The first kappa shape index (κ1) is 52.2. The van der Waals surface area contributed by atoms with Crippen LogP contribution in [0.1, 0.15) is 49.9 Å². The third-order valence-electron chi connectivity index (χ3n) is 11.1. The van der Waals surface area contributed by atoms with Crippen molar-refractivity contribution in [3.8, 4) is 23.0 Å². The predicted octanol–water partition coefficient (Wildman–Crippen LogP) is 6.23. The molecule has 6 aromatic rings. The summed E-state index contributed by atoms with van der Waals surface area (Å²) in [5.41, 5.74) is 0.701. The molecule has 0 aliphatic heterocycles. The highest BCUT2D eigenvalue weighted by atomic mass is 32.2. The van der Waals surface area contributed by atoms with Crippen molar-refractivity contribution in [2.45, 2.75) is 74.7 Å². The van der Waals surface area contributed by atoms with Crippen molar-refractivity contribution in [1.29, 1.82) is 0 Å². The standard InChI is InChI=1S/C25H32N4O5S.C23H27N3O6S/c1-25(2,24(30)27(3)4)29-18-23(15-26-29)35(31,32)28(16-19-7-11-21(33-5)12-8-19)17-20-9-13-22(34-6)14-10-20;1-23(2,22(27)28)26-16-21(13-24-26)33(29,30)25(14-17-5-9-19(31-3)10-6-17)15-18-7-11-20(32-4)12-8-18/h7-15,18H,16-17H2,1-6H3;5-13,16H,14-15H2,1-4H3,(H,27,28). The number of methoxy groups -OCH3 is 4. The number of aliphatic carboxylic acids is 1. The van der Waals surface area contributed by atoms with Gasteiger partial charge in [-0.2, -0.15) is 18.8 Å². The third-order valence-corrected chi connectivity index (χ3v) is 14.6. The van der Waals surface area contributed by atoms with Crippen molar-refractivity contribution < 1.29 is 50.5 Å². The van der Waals surface area contributed by atoms with Crippen LogP contribution in [-0.4, -0.2) is 109 Å². The molecule has 0 fully saturated rings. The number of aromatic nitrogens is 4. The number of nitrogens with zero attached hydrogens (tertiary/aromatic N) is 7. The van der Waals surface area contributed by atoms with Gasteiger partial charge < -0.3 is 29.0 Å². The lowest BCUT2D eigenvalue weighted by atomic mass is 10.0. The molecule has 4 aromatic carbocycles. The molecule has 0 saturated heterocycles. The van der Waals surface area contributed by atoms with Crippen LogP contribution in [-0.2, 0) is 66.9 Å². The summed E-state index contributed by atoms with van der Waals surface area (Å²) in [4.78, 5) is 25.6. The normalized spacial score (nSPS) is 12.0. The molecule has 0 radical (unpaired) electrons. The van der Waals surface area contributed by atoms with Crippen LogP contribution in [0.15, 0.2) is 132 Å². The van der Waals surface area contributed by atoms with E-state index in [1.54, 1.807) is 129 Å². The molecule has 2 heterocycles. The molecule has 20 heteroatoms. The number of benzene rings is 4. The number of rotatable bonds is 20. The predicted molar refractivity (Wildman–Crippen MR) is 254 cm³/mol. The van der Waals surface area contributed by atoms with Crippen LogP contribution in [0.3, 0.4) is 0 Å². The monoisotopic (exact) mass is 973 g/mol. The number of carbonyl (C=O) groups excluding carboxylic acids is 1. The lowest BCUT2D eigenvalue weighted by Gasteiger charge is -2.27. The average molecular weight is 974 g/mol. The molecule has 0 aliphatic carbocycles. The zero-order valence-corrected chi connectivity index (χ0v) is 41.5. The molecule has 18 nitrogen and oxygen atoms in total. The zero-order valence-electron chi connectivity index (χ0n) is 39.9. The summed E-state index contributed by atoms with van der Waals surface area (Å²) in [6.45, 7) is 6.79. The molecule has 0 unspecified atom stereocenters. The highest BCUT2D eigenvalue weighted by Gasteiger charge is 2.36. The summed E-state index contributed by atoms with van der Waals surface area (Å²) < 4.78 is 80.7. The van der Waals surface area contributed by atoms with Crippen molar-refractivity contribution in [2.75, 3.05) is 42.5 Å². The number of sulfonamides is 2. The second-order valence-corrected chi connectivity index (χ2v) is 20.7. The number of hydrogen-bond donors (Lipinski definition) is 1. The van der Waals surface area contributed by atoms with E-state index in [1.165, 1.54) is 56.8 Å². The van der Waals surface area contributed by atoms with E-state index in [0.29, 0.717) is 23.0 Å². The van der Waals surface area contributed by atoms with Crippen LogP contribution in [0, 0.1) is 0 Å². The Morgan fingerprint density at radius 2 is 0.779 bits per heavy atom. The van der Waals surface area contributed by atoms with Gasteiger partial charge in [-0.3, -0.25) is 14.2 Å². The Kier molecular flexibility index (Phi) is 16.8. The molecule has 0 aliphatic rings. The SMILES string of the molecule is COc1ccc(CN(Cc2ccc(OC)cc2)S(=O)(=O)c2cnn(C(C)(C)C(=O)N(C)C)c2)cc1.COc1ccc(CN(Cc2ccc(OC)cc2)S(=O)(=O)c2cnn(C(C)(C)C(=O)O)c2)cc1. The topological polar surface area (TPSA) is 205 Å². The Hall–Kier alpha value is -6.74. The number of carboxylic acid groups (broad SMARTS) is 1. The summed E-state index contributed by atoms with van der Waals surface area (Å²) >= 11 is 0. The first-order chi connectivity index (χ1) is 32.1. The molecule has 364 valence electrons. The summed E-state index contributed by atoms with van der Waals surface area (Å²) in [6, 6.07) is 28.7. The largest absolute Gasteiger partial charge is 0.497 e. The number of carbonyl (C=O) groups is 2. The molecular formula is C48H59N7O11S2. The Morgan fingerprint density at radius 3 is 1.01 bits per heavy atom. The Bertz CT molecular complexity index is 2750. The molecule has 0 spiro atoms. The maximum atomic E-state index is 13.8. The van der Waals surface area contributed by atoms with E-state index in [9.17, 15) is 31.5 Å². The van der Waals surface area contributed by atoms with Crippen molar-refractivity contribution in [3.63, 3.8) is 0 Å². The van der Waals surface area contributed by atoms with E-state index in [-0.39, 0.29) is 41.9 Å². The minimum absolute atomic E-state index is 0.0131. The lowest BCUT2D eigenvalue weighted by molar-refractivity contribution is -0.146. The summed E-state index contributed by atoms with van der Waals surface area (Å²) in [5, 5.41) is 17.7. The van der Waals surface area contributed by atoms with Crippen LogP contribution in [0.2, 0.25) is 0 Å². The zero-order chi connectivity index (χ0) is 50.0. The summed E-state index contributed by atoms with van der Waals surface area (Å²) in [7, 11) is 1.63. The van der Waals surface area contributed by atoms with Gasteiger partial charge >= 0.3 is 5.97 Å². The van der Waals surface area contributed by atoms with Crippen molar-refractivity contribution in [2.24, 2.45) is 0 Å². The van der Waals surface area contributed by atoms with E-state index in [0.717, 1.165) is 26.9 Å². The van der Waals surface area contributed by atoms with Crippen molar-refractivity contribution >= 4 is 31.9 Å². The van der Waals surface area contributed by atoms with Crippen LogP contribution < -0.4 is 18.9 Å². The van der Waals surface area contributed by atoms with Gasteiger partial charge in [-0.15, -0.1) is 0 Å². The van der Waals surface area contributed by atoms with Gasteiger partial charge in [0, 0.05) is 52.7 Å². The number of amides is 1. The first-order valence-corrected chi connectivity index (χ1v) is 24.0. The van der Waals surface area contributed by atoms with Crippen LogP contribution in [0.5, 0.6) is 23.0 Å². The molecule has 1 N–H and O–H groups in total. The second-order valence-electron chi connectivity index (χ2n) is 16.8. The highest BCUT2D eigenvalue weighted by molar-refractivity contribution is 7.89. The van der Waals surface area contributed by atoms with Gasteiger partial charge in [-0.25, -0.2) is 21.6 Å². The highest BCUT2D eigenvalue weighted by Crippen LogP contribution is 2.28. The quantitative estimate of drug-likeness (QED) is 0.0903. The van der Waals surface area contributed by atoms with Gasteiger partial charge in [0.1, 0.15) is 38.3 Å². The molecule has 6 rings (SSSR count). The summed E-state index contributed by atoms with van der Waals surface area (Å²) in [5.74, 6) is 1.39.